The molecule has 10 heteroatoms. The van der Waals surface area contributed by atoms with Gasteiger partial charge in [0.2, 0.25) is 17.7 Å². The average molecular weight is 572 g/mol. The van der Waals surface area contributed by atoms with Gasteiger partial charge >= 0.3 is 0 Å². The molecule has 4 amide bonds. The third kappa shape index (κ3) is 6.45. The summed E-state index contributed by atoms with van der Waals surface area (Å²) in [5.41, 5.74) is 7.29. The van der Waals surface area contributed by atoms with E-state index in [1.165, 1.54) is 0 Å². The van der Waals surface area contributed by atoms with Crippen molar-refractivity contribution < 1.29 is 24.3 Å². The zero-order chi connectivity index (χ0) is 29.6. The first-order valence-corrected chi connectivity index (χ1v) is 14.5. The quantitative estimate of drug-likeness (QED) is 0.292. The maximum Gasteiger partial charge on any atom is 0.256 e. The first kappa shape index (κ1) is 29.2. The zero-order valence-electron chi connectivity index (χ0n) is 23.5. The highest BCUT2D eigenvalue weighted by atomic mass is 16.3. The average Bonchev–Trinajstić information content (AvgIpc) is 3.11. The van der Waals surface area contributed by atoms with Crippen LogP contribution in [0, 0.1) is 0 Å². The maximum atomic E-state index is 13.7. The fourth-order valence-electron chi connectivity index (χ4n) is 5.72. The number of nitrogens with two attached hydrogens (primary N) is 1. The van der Waals surface area contributed by atoms with Gasteiger partial charge in [0.25, 0.3) is 5.91 Å². The highest BCUT2D eigenvalue weighted by molar-refractivity contribution is 6.11. The topological polar surface area (TPSA) is 145 Å². The number of rotatable bonds is 10. The number of amides is 4. The highest BCUT2D eigenvalue weighted by Gasteiger charge is 2.40. The minimum Gasteiger partial charge on any atom is -0.390 e. The molecule has 0 aliphatic carbocycles. The lowest BCUT2D eigenvalue weighted by Crippen LogP contribution is -2.52. The molecule has 3 aromatic rings. The van der Waals surface area contributed by atoms with Gasteiger partial charge < -0.3 is 31.3 Å². The molecule has 1 fully saturated rings. The Kier molecular flexibility index (Phi) is 9.14. The number of piperidine rings is 1. The zero-order valence-corrected chi connectivity index (χ0v) is 23.5. The molecule has 2 heterocycles. The molecule has 2 unspecified atom stereocenters. The molecule has 220 valence electrons. The molecular weight excluding hydrogens is 534 g/mol. The lowest BCUT2D eigenvalue weighted by molar-refractivity contribution is -0.129. The smallest absolute Gasteiger partial charge is 0.256 e. The van der Waals surface area contributed by atoms with Gasteiger partial charge in [0, 0.05) is 39.0 Å². The minimum absolute atomic E-state index is 0.00571. The van der Waals surface area contributed by atoms with E-state index in [-0.39, 0.29) is 44.3 Å². The normalized spacial score (nSPS) is 18.1. The van der Waals surface area contributed by atoms with Crippen LogP contribution < -0.4 is 21.3 Å². The van der Waals surface area contributed by atoms with Crippen molar-refractivity contribution in [1.29, 1.82) is 0 Å². The summed E-state index contributed by atoms with van der Waals surface area (Å²) in [6.07, 6.45) is 1.57. The monoisotopic (exact) mass is 571 g/mol. The van der Waals surface area contributed by atoms with Crippen molar-refractivity contribution in [3.05, 3.63) is 77.9 Å². The summed E-state index contributed by atoms with van der Waals surface area (Å²) in [4.78, 5) is 56.6. The second kappa shape index (κ2) is 13.1. The first-order chi connectivity index (χ1) is 20.4. The van der Waals surface area contributed by atoms with Crippen molar-refractivity contribution in [1.82, 2.24) is 15.5 Å². The van der Waals surface area contributed by atoms with Crippen LogP contribution in [0.1, 0.15) is 41.6 Å². The number of aliphatic hydroxyl groups excluding tert-OH is 1. The van der Waals surface area contributed by atoms with E-state index in [4.69, 9.17) is 5.73 Å². The molecule has 3 aromatic carbocycles. The van der Waals surface area contributed by atoms with Crippen LogP contribution in [0.15, 0.2) is 66.7 Å². The van der Waals surface area contributed by atoms with E-state index in [1.807, 2.05) is 42.5 Å². The number of hydrogen-bond donors (Lipinski definition) is 4. The summed E-state index contributed by atoms with van der Waals surface area (Å²) in [5, 5.41) is 17.4. The van der Waals surface area contributed by atoms with Gasteiger partial charge in [-0.25, -0.2) is 0 Å². The van der Waals surface area contributed by atoms with Crippen LogP contribution in [0.25, 0.3) is 10.8 Å². The summed E-state index contributed by atoms with van der Waals surface area (Å²) >= 11 is 0. The molecule has 5 N–H and O–H groups in total. The van der Waals surface area contributed by atoms with Crippen molar-refractivity contribution in [2.45, 2.75) is 50.3 Å². The van der Waals surface area contributed by atoms with Crippen molar-refractivity contribution >= 4 is 40.1 Å². The second-order valence-electron chi connectivity index (χ2n) is 10.9. The van der Waals surface area contributed by atoms with Gasteiger partial charge in [0.1, 0.15) is 12.1 Å². The predicted octanol–water partition coefficient (Wildman–Crippen LogP) is 1.73. The molecule has 0 spiro atoms. The summed E-state index contributed by atoms with van der Waals surface area (Å²) in [6.45, 7) is 0.552. The van der Waals surface area contributed by atoms with Crippen LogP contribution in [0.4, 0.5) is 5.69 Å². The van der Waals surface area contributed by atoms with Crippen LogP contribution in [0.5, 0.6) is 0 Å². The number of hydrogen-bond acceptors (Lipinski definition) is 6. The fraction of sp³-hybridized carbons (Fsp3) is 0.375. The lowest BCUT2D eigenvalue weighted by Gasteiger charge is -2.34. The van der Waals surface area contributed by atoms with Crippen molar-refractivity contribution in [3.63, 3.8) is 0 Å². The van der Waals surface area contributed by atoms with Crippen molar-refractivity contribution in [2.24, 2.45) is 5.73 Å². The first-order valence-electron chi connectivity index (χ1n) is 14.5. The third-order valence-corrected chi connectivity index (χ3v) is 7.99. The van der Waals surface area contributed by atoms with Crippen LogP contribution in [0.2, 0.25) is 0 Å². The Hall–Kier alpha value is -4.28. The second-order valence-corrected chi connectivity index (χ2v) is 10.9. The van der Waals surface area contributed by atoms with Crippen LogP contribution in [-0.4, -0.2) is 78.0 Å². The largest absolute Gasteiger partial charge is 0.390 e. The van der Waals surface area contributed by atoms with E-state index in [1.54, 1.807) is 34.1 Å². The molecule has 3 atom stereocenters. The minimum atomic E-state index is -0.911. The molecule has 1 saturated heterocycles. The molecule has 10 nitrogen and oxygen atoms in total. The van der Waals surface area contributed by atoms with Gasteiger partial charge in [-0.2, -0.15) is 0 Å². The molecule has 0 bridgehead atoms. The molecule has 42 heavy (non-hydrogen) atoms. The van der Waals surface area contributed by atoms with Crippen molar-refractivity contribution in [3.8, 4) is 0 Å². The molecule has 2 aliphatic heterocycles. The number of aliphatic hydroxyl groups is 1. The molecule has 0 saturated carbocycles. The van der Waals surface area contributed by atoms with Gasteiger partial charge in [-0.1, -0.05) is 54.6 Å². The number of carbonyl (C=O) groups is 4. The SMILES string of the molecule is NC[C@@H](O)CNC(=O)C(Cc1ccc2ccccc2c1)NC(=O)CCN1C(=O)C2CCCCN2C(=O)c2ccccc21. The van der Waals surface area contributed by atoms with Crippen LogP contribution in [0.3, 0.4) is 0 Å². The molecule has 0 aromatic heterocycles. The standard InChI is InChI=1S/C32H37N5O5/c33-19-24(38)20-34-30(40)26(18-21-12-13-22-7-1-2-8-23(22)17-21)35-29(39)14-16-37-27-10-4-3-9-25(27)31(41)36-15-6-5-11-28(36)32(37)42/h1-4,7-10,12-13,17,24,26,28,38H,5-6,11,14-16,18-20,33H2,(H,34,40)(H,35,39)/t24-,26?,28?/m1/s1. The van der Waals surface area contributed by atoms with Gasteiger partial charge in [-0.15, -0.1) is 0 Å². The Morgan fingerprint density at radius 3 is 2.57 bits per heavy atom. The molecule has 0 radical (unpaired) electrons. The Morgan fingerprint density at radius 1 is 1.00 bits per heavy atom. The van der Waals surface area contributed by atoms with E-state index in [9.17, 15) is 24.3 Å². The van der Waals surface area contributed by atoms with Gasteiger partial charge in [0.15, 0.2) is 0 Å². The summed E-state index contributed by atoms with van der Waals surface area (Å²) in [5.74, 6) is -1.20. The van der Waals surface area contributed by atoms with E-state index < -0.39 is 30.0 Å². The Morgan fingerprint density at radius 2 is 1.76 bits per heavy atom. The van der Waals surface area contributed by atoms with Crippen LogP contribution >= 0.6 is 0 Å². The summed E-state index contributed by atoms with van der Waals surface area (Å²) < 4.78 is 0. The number of carbonyl (C=O) groups excluding carboxylic acids is 4. The number of nitrogens with zero attached hydrogens (tertiary/aromatic N) is 2. The molecule has 2 aliphatic rings. The number of fused-ring (bicyclic) bond motifs is 3. The Labute approximate surface area is 244 Å². The fourth-order valence-corrected chi connectivity index (χ4v) is 5.72. The van der Waals surface area contributed by atoms with Gasteiger partial charge in [0.05, 0.1) is 17.4 Å². The molecular formula is C32H37N5O5. The summed E-state index contributed by atoms with van der Waals surface area (Å²) in [6, 6.07) is 19.3. The predicted molar refractivity (Wildman–Crippen MR) is 160 cm³/mol. The van der Waals surface area contributed by atoms with Crippen LogP contribution in [-0.2, 0) is 20.8 Å². The van der Waals surface area contributed by atoms with E-state index in [2.05, 4.69) is 10.6 Å². The van der Waals surface area contributed by atoms with Crippen molar-refractivity contribution in [2.75, 3.05) is 31.1 Å². The summed E-state index contributed by atoms with van der Waals surface area (Å²) in [7, 11) is 0. The van der Waals surface area contributed by atoms with Gasteiger partial charge in [-0.3, -0.25) is 19.2 Å². The highest BCUT2D eigenvalue weighted by Crippen LogP contribution is 2.32. The number of nitrogens with one attached hydrogen (secondary N) is 2. The third-order valence-electron chi connectivity index (χ3n) is 7.99. The van der Waals surface area contributed by atoms with E-state index in [0.717, 1.165) is 29.2 Å². The maximum absolute atomic E-state index is 13.7. The van der Waals surface area contributed by atoms with Gasteiger partial charge in [-0.05, 0) is 47.7 Å². The molecule has 5 rings (SSSR count). The Balaban J connectivity index is 1.32. The number of anilines is 1. The van der Waals surface area contributed by atoms with E-state index in [0.29, 0.717) is 24.2 Å². The number of benzene rings is 3. The number of para-hydroxylation sites is 1. The van der Waals surface area contributed by atoms with E-state index >= 15 is 0 Å². The Bertz CT molecular complexity index is 1480. The lowest BCUT2D eigenvalue weighted by atomic mass is 10.0.